The van der Waals surface area contributed by atoms with E-state index in [9.17, 15) is 13.6 Å². The fourth-order valence-corrected chi connectivity index (χ4v) is 2.79. The van der Waals surface area contributed by atoms with Crippen molar-refractivity contribution in [3.63, 3.8) is 0 Å². The van der Waals surface area contributed by atoms with E-state index in [-0.39, 0.29) is 24.7 Å². The van der Waals surface area contributed by atoms with Gasteiger partial charge >= 0.3 is 0 Å². The summed E-state index contributed by atoms with van der Waals surface area (Å²) < 4.78 is 27.9. The number of amides is 1. The fourth-order valence-electron chi connectivity index (χ4n) is 2.79. The van der Waals surface area contributed by atoms with Crippen LogP contribution >= 0.6 is 0 Å². The van der Waals surface area contributed by atoms with E-state index in [2.05, 4.69) is 25.6 Å². The van der Waals surface area contributed by atoms with Crippen molar-refractivity contribution in [3.05, 3.63) is 65.6 Å². The van der Waals surface area contributed by atoms with Crippen LogP contribution in [0.4, 0.5) is 14.6 Å². The average Bonchev–Trinajstić information content (AvgIpc) is 3.24. The van der Waals surface area contributed by atoms with Crippen LogP contribution in [0.2, 0.25) is 0 Å². The van der Waals surface area contributed by atoms with Gasteiger partial charge in [0.15, 0.2) is 23.1 Å². The lowest BCUT2D eigenvalue weighted by Gasteiger charge is -2.03. The second-order valence-electron chi connectivity index (χ2n) is 6.26. The Hall–Kier alpha value is -3.69. The number of pyridine rings is 1. The number of hydrogen-bond acceptors (Lipinski definition) is 5. The highest BCUT2D eigenvalue weighted by Crippen LogP contribution is 2.13. The van der Waals surface area contributed by atoms with Gasteiger partial charge in [-0.1, -0.05) is 6.07 Å². The van der Waals surface area contributed by atoms with Crippen LogP contribution < -0.4 is 5.32 Å². The third-order valence-electron chi connectivity index (χ3n) is 4.10. The van der Waals surface area contributed by atoms with Gasteiger partial charge in [0.2, 0.25) is 5.91 Å². The molecule has 4 aromatic rings. The minimum atomic E-state index is -0.933. The molecule has 0 fully saturated rings. The van der Waals surface area contributed by atoms with Crippen molar-refractivity contribution in [1.82, 2.24) is 29.8 Å². The average molecular weight is 383 g/mol. The molecule has 3 heterocycles. The first kappa shape index (κ1) is 17.7. The van der Waals surface area contributed by atoms with Crippen molar-refractivity contribution in [2.75, 3.05) is 5.32 Å². The molecule has 0 atom stereocenters. The lowest BCUT2D eigenvalue weighted by atomic mass is 10.2. The van der Waals surface area contributed by atoms with Crippen LogP contribution in [-0.4, -0.2) is 35.7 Å². The molecule has 10 heteroatoms. The van der Waals surface area contributed by atoms with E-state index in [0.29, 0.717) is 5.56 Å². The number of rotatable bonds is 5. The van der Waals surface area contributed by atoms with Crippen LogP contribution in [0, 0.1) is 11.6 Å². The molecule has 1 aromatic carbocycles. The largest absolute Gasteiger partial charge is 0.308 e. The number of anilines is 1. The van der Waals surface area contributed by atoms with E-state index in [1.54, 1.807) is 24.1 Å². The third-order valence-corrected chi connectivity index (χ3v) is 4.10. The summed E-state index contributed by atoms with van der Waals surface area (Å²) in [5.74, 6) is -1.85. The maximum absolute atomic E-state index is 13.3. The van der Waals surface area contributed by atoms with Gasteiger partial charge in [-0.2, -0.15) is 15.0 Å². The zero-order valence-corrected chi connectivity index (χ0v) is 14.8. The number of fused-ring (bicyclic) bond motifs is 1. The van der Waals surface area contributed by atoms with Crippen LogP contribution in [0.3, 0.4) is 0 Å². The maximum atomic E-state index is 13.3. The van der Waals surface area contributed by atoms with Gasteiger partial charge in [0, 0.05) is 18.6 Å². The zero-order chi connectivity index (χ0) is 19.7. The number of aryl methyl sites for hydroxylation is 1. The summed E-state index contributed by atoms with van der Waals surface area (Å²) in [6.45, 7) is 0.147. The number of hydrogen-bond donors (Lipinski definition) is 1. The highest BCUT2D eigenvalue weighted by atomic mass is 19.2. The van der Waals surface area contributed by atoms with Crippen LogP contribution in [0.1, 0.15) is 11.1 Å². The SMILES string of the molecule is Cn1ncc2cc(CC(=O)Nc3cnn(Cc4ccc(F)c(F)c4)n3)cnc21. The van der Waals surface area contributed by atoms with E-state index in [1.807, 2.05) is 6.07 Å². The molecule has 0 saturated carbocycles. The van der Waals surface area contributed by atoms with Crippen molar-refractivity contribution in [2.24, 2.45) is 7.05 Å². The minimum Gasteiger partial charge on any atom is -0.308 e. The quantitative estimate of drug-likeness (QED) is 0.570. The molecule has 28 heavy (non-hydrogen) atoms. The summed E-state index contributed by atoms with van der Waals surface area (Å²) >= 11 is 0. The third kappa shape index (κ3) is 3.70. The number of nitrogens with zero attached hydrogens (tertiary/aromatic N) is 6. The van der Waals surface area contributed by atoms with Crippen molar-refractivity contribution >= 4 is 22.8 Å². The van der Waals surface area contributed by atoms with Gasteiger partial charge in [-0.3, -0.25) is 9.48 Å². The second-order valence-corrected chi connectivity index (χ2v) is 6.26. The molecular weight excluding hydrogens is 368 g/mol. The lowest BCUT2D eigenvalue weighted by Crippen LogP contribution is -2.15. The number of carbonyl (C=O) groups is 1. The Morgan fingerprint density at radius 2 is 1.93 bits per heavy atom. The summed E-state index contributed by atoms with van der Waals surface area (Å²) in [5, 5.41) is 15.8. The molecule has 0 bridgehead atoms. The molecule has 1 N–H and O–H groups in total. The van der Waals surface area contributed by atoms with E-state index >= 15 is 0 Å². The Morgan fingerprint density at radius 1 is 1.07 bits per heavy atom. The first-order chi connectivity index (χ1) is 13.5. The predicted octanol–water partition coefficient (Wildman–Crippen LogP) is 2.07. The fraction of sp³-hybridized carbons (Fsp3) is 0.167. The van der Waals surface area contributed by atoms with Crippen LogP contribution in [0.15, 0.2) is 42.9 Å². The Kier molecular flexibility index (Phi) is 4.52. The van der Waals surface area contributed by atoms with Gasteiger partial charge in [0.05, 0.1) is 25.4 Å². The number of aromatic nitrogens is 6. The van der Waals surface area contributed by atoms with Gasteiger partial charge in [0.25, 0.3) is 0 Å². The van der Waals surface area contributed by atoms with E-state index in [4.69, 9.17) is 0 Å². The van der Waals surface area contributed by atoms with E-state index in [1.165, 1.54) is 17.1 Å². The van der Waals surface area contributed by atoms with Crippen LogP contribution in [0.5, 0.6) is 0 Å². The summed E-state index contributed by atoms with van der Waals surface area (Å²) in [6, 6.07) is 5.43. The number of halogens is 2. The van der Waals surface area contributed by atoms with E-state index < -0.39 is 11.6 Å². The molecule has 142 valence electrons. The molecule has 0 aliphatic rings. The highest BCUT2D eigenvalue weighted by molar-refractivity contribution is 5.91. The smallest absolute Gasteiger partial charge is 0.230 e. The summed E-state index contributed by atoms with van der Waals surface area (Å²) in [6.07, 6.45) is 4.82. The zero-order valence-electron chi connectivity index (χ0n) is 14.8. The Morgan fingerprint density at radius 3 is 2.75 bits per heavy atom. The molecule has 0 saturated heterocycles. The van der Waals surface area contributed by atoms with Gasteiger partial charge in [-0.15, -0.1) is 5.10 Å². The monoisotopic (exact) mass is 383 g/mol. The Labute approximate surface area is 157 Å². The topological polar surface area (TPSA) is 90.5 Å². The second kappa shape index (κ2) is 7.14. The molecule has 0 spiro atoms. The van der Waals surface area contributed by atoms with Crippen molar-refractivity contribution in [1.29, 1.82) is 0 Å². The van der Waals surface area contributed by atoms with Crippen molar-refractivity contribution in [3.8, 4) is 0 Å². The molecule has 3 aromatic heterocycles. The van der Waals surface area contributed by atoms with Gasteiger partial charge in [-0.25, -0.2) is 13.8 Å². The summed E-state index contributed by atoms with van der Waals surface area (Å²) in [4.78, 5) is 17.8. The van der Waals surface area contributed by atoms with Gasteiger partial charge in [0.1, 0.15) is 0 Å². The maximum Gasteiger partial charge on any atom is 0.230 e. The van der Waals surface area contributed by atoms with E-state index in [0.717, 1.165) is 28.7 Å². The minimum absolute atomic E-state index is 0.119. The standard InChI is InChI=1S/C18H15F2N7O/c1-26-18-13(8-22-26)4-12(7-21-18)6-17(28)24-16-9-23-27(25-16)10-11-2-3-14(19)15(20)5-11/h2-5,7-9H,6,10H2,1H3,(H,24,25,28). The molecule has 0 aliphatic heterocycles. The van der Waals surface area contributed by atoms with Gasteiger partial charge < -0.3 is 5.32 Å². The highest BCUT2D eigenvalue weighted by Gasteiger charge is 2.10. The van der Waals surface area contributed by atoms with Crippen LogP contribution in [0.25, 0.3) is 11.0 Å². The summed E-state index contributed by atoms with van der Waals surface area (Å²) in [7, 11) is 1.80. The van der Waals surface area contributed by atoms with Crippen molar-refractivity contribution < 1.29 is 13.6 Å². The molecule has 0 radical (unpaired) electrons. The molecule has 0 aliphatic carbocycles. The summed E-state index contributed by atoms with van der Waals surface area (Å²) in [5.41, 5.74) is 1.99. The number of benzene rings is 1. The normalized spacial score (nSPS) is 11.1. The first-order valence-electron chi connectivity index (χ1n) is 8.38. The van der Waals surface area contributed by atoms with Crippen molar-refractivity contribution in [2.45, 2.75) is 13.0 Å². The number of carbonyl (C=O) groups excluding carboxylic acids is 1. The molecule has 1 amide bonds. The Balaban J connectivity index is 1.39. The molecular formula is C18H15F2N7O. The Bertz CT molecular complexity index is 1170. The lowest BCUT2D eigenvalue weighted by molar-refractivity contribution is -0.115. The predicted molar refractivity (Wildman–Crippen MR) is 96.3 cm³/mol. The molecule has 8 nitrogen and oxygen atoms in total. The number of nitrogens with one attached hydrogen (secondary N) is 1. The molecule has 0 unspecified atom stereocenters. The first-order valence-corrected chi connectivity index (χ1v) is 8.38. The van der Waals surface area contributed by atoms with Crippen LogP contribution in [-0.2, 0) is 24.8 Å². The molecule has 4 rings (SSSR count). The van der Waals surface area contributed by atoms with Gasteiger partial charge in [-0.05, 0) is 29.3 Å².